The van der Waals surface area contributed by atoms with E-state index in [-0.39, 0.29) is 16.7 Å². The summed E-state index contributed by atoms with van der Waals surface area (Å²) < 4.78 is 13.2. The zero-order valence-corrected chi connectivity index (χ0v) is 11.3. The highest BCUT2D eigenvalue weighted by Crippen LogP contribution is 2.23. The predicted octanol–water partition coefficient (Wildman–Crippen LogP) is 4.66. The van der Waals surface area contributed by atoms with E-state index in [0.29, 0.717) is 10.9 Å². The lowest BCUT2D eigenvalue weighted by Gasteiger charge is -2.01. The van der Waals surface area contributed by atoms with Crippen molar-refractivity contribution in [3.63, 3.8) is 0 Å². The second-order valence-corrected chi connectivity index (χ2v) is 3.07. The zero-order chi connectivity index (χ0) is 13.4. The topological polar surface area (TPSA) is 38.9 Å². The van der Waals surface area contributed by atoms with Gasteiger partial charge in [0.05, 0.1) is 10.5 Å². The number of anilines is 1. The molecule has 2 rings (SSSR count). The van der Waals surface area contributed by atoms with Crippen molar-refractivity contribution in [3.05, 3.63) is 35.1 Å². The third-order valence-corrected chi connectivity index (χ3v) is 2.09. The Balaban J connectivity index is 0.000000581. The summed E-state index contributed by atoms with van der Waals surface area (Å²) in [6.45, 7) is 8.00. The largest absolute Gasteiger partial charge is 0.382 e. The van der Waals surface area contributed by atoms with Crippen LogP contribution in [0.25, 0.3) is 10.9 Å². The number of pyridine rings is 1. The molecule has 0 saturated heterocycles. The normalized spacial score (nSPS) is 8.82. The number of nitrogens with zero attached hydrogens (tertiary/aromatic N) is 1. The highest BCUT2D eigenvalue weighted by Gasteiger charge is 2.04. The molecule has 0 atom stereocenters. The third kappa shape index (κ3) is 3.86. The van der Waals surface area contributed by atoms with Gasteiger partial charge in [0.15, 0.2) is 0 Å². The molecule has 0 aliphatic rings. The first-order chi connectivity index (χ1) is 8.18. The molecule has 94 valence electrons. The fourth-order valence-electron chi connectivity index (χ4n) is 1.15. The minimum atomic E-state index is -0.341. The fourth-order valence-corrected chi connectivity index (χ4v) is 1.30. The molecule has 2 nitrogen and oxygen atoms in total. The summed E-state index contributed by atoms with van der Waals surface area (Å²) in [5.74, 6) is -0.119. The van der Waals surface area contributed by atoms with Crippen LogP contribution < -0.4 is 5.73 Å². The Hall–Kier alpha value is -1.35. The fraction of sp³-hybridized carbons (Fsp3) is 0.308. The van der Waals surface area contributed by atoms with E-state index in [2.05, 4.69) is 4.98 Å². The number of aromatic nitrogens is 1. The molecule has 0 amide bonds. The minimum absolute atomic E-state index is 0.222. The maximum Gasteiger partial charge on any atom is 0.142 e. The molecule has 2 aromatic rings. The van der Waals surface area contributed by atoms with E-state index >= 15 is 0 Å². The Morgan fingerprint density at radius 1 is 1.18 bits per heavy atom. The SMILES string of the molecule is CC.CC.Nc1nc2cccc(F)c2cc1Cl. The van der Waals surface area contributed by atoms with Gasteiger partial charge < -0.3 is 5.73 Å². The number of hydrogen-bond acceptors (Lipinski definition) is 2. The van der Waals surface area contributed by atoms with Gasteiger partial charge in [-0.2, -0.15) is 0 Å². The number of halogens is 2. The molecule has 17 heavy (non-hydrogen) atoms. The van der Waals surface area contributed by atoms with E-state index in [1.54, 1.807) is 12.1 Å². The van der Waals surface area contributed by atoms with Crippen LogP contribution in [-0.2, 0) is 0 Å². The number of benzene rings is 1. The molecule has 1 aromatic heterocycles. The molecule has 0 spiro atoms. The molecule has 0 unspecified atom stereocenters. The standard InChI is InChI=1S/C9H6ClFN2.2C2H6/c10-6-4-5-7(11)2-1-3-8(5)13-9(6)12;2*1-2/h1-4H,(H2,12,13);2*1-2H3. The van der Waals surface area contributed by atoms with Gasteiger partial charge in [-0.1, -0.05) is 45.4 Å². The number of fused-ring (bicyclic) bond motifs is 1. The summed E-state index contributed by atoms with van der Waals surface area (Å²) in [7, 11) is 0. The van der Waals surface area contributed by atoms with Crippen LogP contribution in [0.5, 0.6) is 0 Å². The van der Waals surface area contributed by atoms with Crippen LogP contribution >= 0.6 is 11.6 Å². The Morgan fingerprint density at radius 2 is 1.76 bits per heavy atom. The van der Waals surface area contributed by atoms with Crippen molar-refractivity contribution >= 4 is 28.3 Å². The maximum absolute atomic E-state index is 13.2. The molecule has 1 aromatic carbocycles. The van der Waals surface area contributed by atoms with Crippen LogP contribution in [0.3, 0.4) is 0 Å². The third-order valence-electron chi connectivity index (χ3n) is 1.79. The number of nitrogens with two attached hydrogens (primary N) is 1. The summed E-state index contributed by atoms with van der Waals surface area (Å²) >= 11 is 5.71. The zero-order valence-electron chi connectivity index (χ0n) is 10.6. The van der Waals surface area contributed by atoms with Crippen molar-refractivity contribution in [1.29, 1.82) is 0 Å². The molecule has 2 N–H and O–H groups in total. The van der Waals surface area contributed by atoms with Gasteiger partial charge in [0.25, 0.3) is 0 Å². The average Bonchev–Trinajstić information content (AvgIpc) is 2.37. The van der Waals surface area contributed by atoms with Crippen LogP contribution in [0.2, 0.25) is 5.02 Å². The number of hydrogen-bond donors (Lipinski definition) is 1. The van der Waals surface area contributed by atoms with E-state index < -0.39 is 0 Å². The van der Waals surface area contributed by atoms with Crippen molar-refractivity contribution in [2.24, 2.45) is 0 Å². The molecule has 0 bridgehead atoms. The number of nitrogen functional groups attached to an aromatic ring is 1. The summed E-state index contributed by atoms with van der Waals surface area (Å²) in [4.78, 5) is 3.94. The van der Waals surface area contributed by atoms with Crippen LogP contribution in [-0.4, -0.2) is 4.98 Å². The summed E-state index contributed by atoms with van der Waals surface area (Å²) in [6.07, 6.45) is 0. The molecule has 0 aliphatic heterocycles. The molecule has 0 radical (unpaired) electrons. The summed E-state index contributed by atoms with van der Waals surface area (Å²) in [5.41, 5.74) is 5.99. The first-order valence-corrected chi connectivity index (χ1v) is 6.06. The molecular weight excluding hydrogens is 239 g/mol. The summed E-state index contributed by atoms with van der Waals surface area (Å²) in [5, 5.41) is 0.666. The Morgan fingerprint density at radius 3 is 2.35 bits per heavy atom. The summed E-state index contributed by atoms with van der Waals surface area (Å²) in [6, 6.07) is 6.11. The van der Waals surface area contributed by atoms with Gasteiger partial charge in [0.1, 0.15) is 11.6 Å². The number of rotatable bonds is 0. The first kappa shape index (κ1) is 15.7. The Kier molecular flexibility index (Phi) is 7.22. The lowest BCUT2D eigenvalue weighted by molar-refractivity contribution is 0.639. The van der Waals surface area contributed by atoms with Gasteiger partial charge in [-0.3, -0.25) is 0 Å². The van der Waals surface area contributed by atoms with Gasteiger partial charge in [0, 0.05) is 5.39 Å². The maximum atomic E-state index is 13.2. The van der Waals surface area contributed by atoms with Crippen molar-refractivity contribution in [2.45, 2.75) is 27.7 Å². The van der Waals surface area contributed by atoms with Gasteiger partial charge >= 0.3 is 0 Å². The van der Waals surface area contributed by atoms with E-state index in [1.165, 1.54) is 12.1 Å². The van der Waals surface area contributed by atoms with Gasteiger partial charge in [-0.25, -0.2) is 9.37 Å². The average molecular weight is 257 g/mol. The molecule has 4 heteroatoms. The lowest BCUT2D eigenvalue weighted by Crippen LogP contribution is -1.92. The van der Waals surface area contributed by atoms with Crippen molar-refractivity contribution in [2.75, 3.05) is 5.73 Å². The predicted molar refractivity (Wildman–Crippen MR) is 73.8 cm³/mol. The second-order valence-electron chi connectivity index (χ2n) is 2.66. The molecule has 0 aliphatic carbocycles. The van der Waals surface area contributed by atoms with Crippen molar-refractivity contribution in [1.82, 2.24) is 4.98 Å². The van der Waals surface area contributed by atoms with E-state index in [4.69, 9.17) is 17.3 Å². The van der Waals surface area contributed by atoms with Crippen molar-refractivity contribution in [3.8, 4) is 0 Å². The van der Waals surface area contributed by atoms with Crippen LogP contribution in [0.15, 0.2) is 24.3 Å². The van der Waals surface area contributed by atoms with Gasteiger partial charge in [0.2, 0.25) is 0 Å². The van der Waals surface area contributed by atoms with Crippen LogP contribution in [0.4, 0.5) is 10.2 Å². The van der Waals surface area contributed by atoms with Crippen LogP contribution in [0.1, 0.15) is 27.7 Å². The van der Waals surface area contributed by atoms with Gasteiger partial charge in [-0.15, -0.1) is 0 Å². The highest BCUT2D eigenvalue weighted by molar-refractivity contribution is 6.33. The van der Waals surface area contributed by atoms with E-state index in [1.807, 2.05) is 27.7 Å². The first-order valence-electron chi connectivity index (χ1n) is 5.69. The van der Waals surface area contributed by atoms with E-state index in [0.717, 1.165) is 0 Å². The smallest absolute Gasteiger partial charge is 0.142 e. The quantitative estimate of drug-likeness (QED) is 0.744. The van der Waals surface area contributed by atoms with Crippen LogP contribution in [0, 0.1) is 5.82 Å². The lowest BCUT2D eigenvalue weighted by atomic mass is 10.2. The highest BCUT2D eigenvalue weighted by atomic mass is 35.5. The molecular formula is C13H18ClFN2. The monoisotopic (exact) mass is 256 g/mol. The second kappa shape index (κ2) is 7.85. The van der Waals surface area contributed by atoms with E-state index in [9.17, 15) is 4.39 Å². The molecule has 0 saturated carbocycles. The van der Waals surface area contributed by atoms with Gasteiger partial charge in [-0.05, 0) is 18.2 Å². The Labute approximate surface area is 107 Å². The Bertz CT molecular complexity index is 472. The molecule has 0 fully saturated rings. The minimum Gasteiger partial charge on any atom is -0.382 e. The molecule has 1 heterocycles. The van der Waals surface area contributed by atoms with Crippen molar-refractivity contribution < 1.29 is 4.39 Å².